The van der Waals surface area contributed by atoms with Crippen LogP contribution < -0.4 is 28.4 Å². The van der Waals surface area contributed by atoms with E-state index in [-0.39, 0.29) is 49.4 Å². The molecule has 2 heterocycles. The van der Waals surface area contributed by atoms with Crippen LogP contribution in [0, 0.1) is 5.92 Å². The number of alkyl carbamates (subject to hydrolysis) is 1. The lowest BCUT2D eigenvalue weighted by Crippen LogP contribution is -3.11. The number of ketones is 1. The van der Waals surface area contributed by atoms with E-state index in [0.717, 1.165) is 41.5 Å². The number of quaternary nitrogens is 1. The summed E-state index contributed by atoms with van der Waals surface area (Å²) in [6.45, 7) is 3.74. The number of nitrogens with one attached hydrogen (secondary N) is 2. The normalized spacial score (nSPS) is 21.7. The first kappa shape index (κ1) is 26.0. The van der Waals surface area contributed by atoms with E-state index in [1.54, 1.807) is 0 Å². The Labute approximate surface area is 200 Å². The molecule has 1 aliphatic heterocycles. The largest absolute Gasteiger partial charge is 1.00 e. The summed E-state index contributed by atoms with van der Waals surface area (Å²) >= 11 is 0. The zero-order chi connectivity index (χ0) is 21.3. The van der Waals surface area contributed by atoms with Crippen molar-refractivity contribution in [2.24, 2.45) is 18.7 Å². The monoisotopic (exact) mass is 483 g/mol. The minimum atomic E-state index is -0.472. The molecule has 10 heteroatoms. The zero-order valence-electron chi connectivity index (χ0n) is 18.3. The summed E-state index contributed by atoms with van der Waals surface area (Å²) < 4.78 is 7.41. The standard InChI is InChI=1S/C22H29N5O3.2ClH/c1-15-26(11-12-27(15)14-30-22(29)24-10-9-23)13-16-7-8-19-20(21(16)28)17-5-3-4-6-18(17)25(19)2;;/h3-6,11-12,15-16H,7-10,13-14,23H2,1-2H3,(H,24,29);2*1H. The SMILES string of the molecule is CC1N(COC(=O)NCCN)C=C[NH+]1CC1CCc2c(c3ccccc3n2C)C1=O.Cl.[Cl-]. The molecule has 176 valence electrons. The van der Waals surface area contributed by atoms with Crippen LogP contribution in [0.5, 0.6) is 0 Å². The molecule has 0 saturated carbocycles. The van der Waals surface area contributed by atoms with Crippen molar-refractivity contribution in [3.05, 3.63) is 47.9 Å². The van der Waals surface area contributed by atoms with Crippen LogP contribution in [0.2, 0.25) is 0 Å². The van der Waals surface area contributed by atoms with Crippen LogP contribution in [-0.4, -0.2) is 53.9 Å². The Bertz CT molecular complexity index is 993. The van der Waals surface area contributed by atoms with Crippen LogP contribution in [0.25, 0.3) is 10.9 Å². The highest BCUT2D eigenvalue weighted by atomic mass is 35.5. The first-order valence-corrected chi connectivity index (χ1v) is 10.5. The van der Waals surface area contributed by atoms with E-state index in [9.17, 15) is 9.59 Å². The third-order valence-electron chi connectivity index (χ3n) is 6.33. The van der Waals surface area contributed by atoms with Gasteiger partial charge in [0.1, 0.15) is 6.20 Å². The van der Waals surface area contributed by atoms with Crippen LogP contribution in [0.3, 0.4) is 0 Å². The molecule has 1 amide bonds. The van der Waals surface area contributed by atoms with Crippen molar-refractivity contribution in [3.63, 3.8) is 0 Å². The van der Waals surface area contributed by atoms with E-state index in [2.05, 4.69) is 35.1 Å². The molecule has 0 bridgehead atoms. The summed E-state index contributed by atoms with van der Waals surface area (Å²) in [5, 5.41) is 3.65. The Morgan fingerprint density at radius 2 is 2.09 bits per heavy atom. The number of nitrogens with two attached hydrogens (primary N) is 1. The van der Waals surface area contributed by atoms with Crippen molar-refractivity contribution in [2.45, 2.75) is 25.9 Å². The Hall–Kier alpha value is -2.26. The molecule has 2 aromatic rings. The molecule has 0 fully saturated rings. The first-order valence-electron chi connectivity index (χ1n) is 10.5. The molecule has 1 aromatic heterocycles. The number of aromatic nitrogens is 1. The van der Waals surface area contributed by atoms with Gasteiger partial charge in [-0.05, 0) is 18.9 Å². The molecule has 1 aromatic carbocycles. The number of hydrogen-bond donors (Lipinski definition) is 3. The number of carbonyl (C=O) groups is 2. The van der Waals surface area contributed by atoms with Crippen molar-refractivity contribution in [2.75, 3.05) is 26.4 Å². The Kier molecular flexibility index (Phi) is 8.98. The zero-order valence-corrected chi connectivity index (χ0v) is 19.9. The fraction of sp³-hybridized carbons (Fsp3) is 0.455. The number of aryl methyl sites for hydroxylation is 1. The number of para-hydroxylation sites is 1. The molecule has 4 N–H and O–H groups in total. The quantitative estimate of drug-likeness (QED) is 0.442. The van der Waals surface area contributed by atoms with Crippen LogP contribution in [0.4, 0.5) is 4.79 Å². The Balaban J connectivity index is 0.00000181. The summed E-state index contributed by atoms with van der Waals surface area (Å²) in [5.41, 5.74) is 8.54. The highest BCUT2D eigenvalue weighted by molar-refractivity contribution is 6.11. The predicted molar refractivity (Wildman–Crippen MR) is 121 cm³/mol. The van der Waals surface area contributed by atoms with Gasteiger partial charge in [-0.3, -0.25) is 14.6 Å². The van der Waals surface area contributed by atoms with Gasteiger partial charge in [0.25, 0.3) is 0 Å². The molecule has 2 aliphatic rings. The van der Waals surface area contributed by atoms with E-state index >= 15 is 0 Å². The Morgan fingerprint density at radius 3 is 2.84 bits per heavy atom. The van der Waals surface area contributed by atoms with Crippen LogP contribution >= 0.6 is 12.4 Å². The molecule has 32 heavy (non-hydrogen) atoms. The van der Waals surface area contributed by atoms with Crippen LogP contribution in [0.1, 0.15) is 29.4 Å². The number of ether oxygens (including phenoxy) is 1. The maximum atomic E-state index is 13.4. The van der Waals surface area contributed by atoms with Gasteiger partial charge in [-0.25, -0.2) is 4.79 Å². The summed E-state index contributed by atoms with van der Waals surface area (Å²) in [6.07, 6.45) is 5.38. The van der Waals surface area contributed by atoms with Gasteiger partial charge in [-0.2, -0.15) is 0 Å². The lowest BCUT2D eigenvalue weighted by molar-refractivity contribution is -0.878. The van der Waals surface area contributed by atoms with Gasteiger partial charge in [0.15, 0.2) is 18.7 Å². The second-order valence-electron chi connectivity index (χ2n) is 8.06. The molecule has 0 radical (unpaired) electrons. The van der Waals surface area contributed by atoms with E-state index in [4.69, 9.17) is 10.5 Å². The van der Waals surface area contributed by atoms with Gasteiger partial charge in [-0.1, -0.05) is 18.2 Å². The summed E-state index contributed by atoms with van der Waals surface area (Å²) in [4.78, 5) is 28.2. The molecule has 0 saturated heterocycles. The molecule has 1 aliphatic carbocycles. The number of hydrogen-bond acceptors (Lipinski definition) is 5. The number of fused-ring (bicyclic) bond motifs is 3. The first-order chi connectivity index (χ1) is 14.5. The number of benzene rings is 1. The number of Topliss-reactive ketones (excluding diaryl/α,β-unsaturated/α-hetero) is 1. The molecule has 3 atom stereocenters. The molecule has 8 nitrogen and oxygen atoms in total. The lowest BCUT2D eigenvalue weighted by Gasteiger charge is -2.28. The van der Waals surface area contributed by atoms with Crippen molar-refractivity contribution in [1.29, 1.82) is 0 Å². The van der Waals surface area contributed by atoms with E-state index in [1.165, 1.54) is 4.90 Å². The predicted octanol–water partition coefficient (Wildman–Crippen LogP) is -1.99. The van der Waals surface area contributed by atoms with Crippen molar-refractivity contribution < 1.29 is 31.6 Å². The molecule has 4 rings (SSSR count). The molecular weight excluding hydrogens is 453 g/mol. The summed E-state index contributed by atoms with van der Waals surface area (Å²) in [5.74, 6) is 0.233. The third kappa shape index (κ3) is 4.88. The maximum Gasteiger partial charge on any atom is 0.408 e. The second kappa shape index (κ2) is 11.0. The average Bonchev–Trinajstić information content (AvgIpc) is 3.25. The van der Waals surface area contributed by atoms with Crippen molar-refractivity contribution in [1.82, 2.24) is 14.8 Å². The maximum absolute atomic E-state index is 13.4. The van der Waals surface area contributed by atoms with Gasteiger partial charge in [-0.15, -0.1) is 12.4 Å². The van der Waals surface area contributed by atoms with Gasteiger partial charge in [0, 0.05) is 49.2 Å². The highest BCUT2D eigenvalue weighted by Gasteiger charge is 2.37. The summed E-state index contributed by atoms with van der Waals surface area (Å²) in [6, 6.07) is 8.14. The Morgan fingerprint density at radius 1 is 1.34 bits per heavy atom. The van der Waals surface area contributed by atoms with Crippen molar-refractivity contribution >= 4 is 35.2 Å². The number of rotatable bonds is 6. The number of nitrogens with zero attached hydrogens (tertiary/aromatic N) is 2. The van der Waals surface area contributed by atoms with E-state index in [1.807, 2.05) is 30.3 Å². The fourth-order valence-electron chi connectivity index (χ4n) is 4.56. The number of amides is 1. The van der Waals surface area contributed by atoms with Gasteiger partial charge in [0.05, 0.1) is 18.7 Å². The molecular formula is C22H31Cl2N5O3. The fourth-order valence-corrected chi connectivity index (χ4v) is 4.56. The molecule has 0 spiro atoms. The van der Waals surface area contributed by atoms with Crippen LogP contribution in [-0.2, 0) is 18.2 Å². The minimum absolute atomic E-state index is 0. The van der Waals surface area contributed by atoms with Gasteiger partial charge < -0.3 is 32.8 Å². The number of carbonyl (C=O) groups excluding carboxylic acids is 2. The lowest BCUT2D eigenvalue weighted by atomic mass is 9.84. The highest BCUT2D eigenvalue weighted by Crippen LogP contribution is 2.33. The van der Waals surface area contributed by atoms with Crippen molar-refractivity contribution in [3.8, 4) is 0 Å². The van der Waals surface area contributed by atoms with Gasteiger partial charge in [0.2, 0.25) is 0 Å². The third-order valence-corrected chi connectivity index (χ3v) is 6.33. The second-order valence-corrected chi connectivity index (χ2v) is 8.06. The minimum Gasteiger partial charge on any atom is -1.00 e. The van der Waals surface area contributed by atoms with Crippen LogP contribution in [0.15, 0.2) is 36.7 Å². The summed E-state index contributed by atoms with van der Waals surface area (Å²) in [7, 11) is 2.05. The average molecular weight is 484 g/mol. The topological polar surface area (TPSA) is 94.0 Å². The smallest absolute Gasteiger partial charge is 0.408 e. The van der Waals surface area contributed by atoms with E-state index < -0.39 is 6.09 Å². The number of halogens is 2. The molecule has 3 unspecified atom stereocenters. The van der Waals surface area contributed by atoms with Gasteiger partial charge >= 0.3 is 6.09 Å². The van der Waals surface area contributed by atoms with E-state index in [0.29, 0.717) is 13.1 Å².